The molecule has 0 spiro atoms. The van der Waals surface area contributed by atoms with E-state index in [1.807, 2.05) is 44.2 Å². The average Bonchev–Trinajstić information content (AvgIpc) is 3.24. The summed E-state index contributed by atoms with van der Waals surface area (Å²) in [7, 11) is 0. The van der Waals surface area contributed by atoms with Gasteiger partial charge in [0.25, 0.3) is 0 Å². The number of hydrogen-bond donors (Lipinski definition) is 2. The zero-order valence-electron chi connectivity index (χ0n) is 12.5. The number of rotatable bonds is 6. The molecule has 2 N–H and O–H groups in total. The zero-order valence-corrected chi connectivity index (χ0v) is 12.5. The average molecular weight is 290 g/mol. The maximum absolute atomic E-state index is 12.5. The SMILES string of the molecule is CC(C)(NC(=O)N(CCC(=O)O)c1ccccc1)C1CC1. The Morgan fingerprint density at radius 2 is 1.90 bits per heavy atom. The summed E-state index contributed by atoms with van der Waals surface area (Å²) >= 11 is 0. The van der Waals surface area contributed by atoms with E-state index in [4.69, 9.17) is 5.11 Å². The predicted molar refractivity (Wildman–Crippen MR) is 81.4 cm³/mol. The molecule has 0 saturated heterocycles. The highest BCUT2D eigenvalue weighted by atomic mass is 16.4. The maximum Gasteiger partial charge on any atom is 0.322 e. The third-order valence-electron chi connectivity index (χ3n) is 3.89. The van der Waals surface area contributed by atoms with Crippen LogP contribution in [0.3, 0.4) is 0 Å². The van der Waals surface area contributed by atoms with Crippen molar-refractivity contribution in [2.24, 2.45) is 5.92 Å². The molecule has 1 saturated carbocycles. The van der Waals surface area contributed by atoms with E-state index in [0.29, 0.717) is 11.6 Å². The molecule has 0 radical (unpaired) electrons. The van der Waals surface area contributed by atoms with E-state index in [9.17, 15) is 9.59 Å². The van der Waals surface area contributed by atoms with Gasteiger partial charge in [-0.3, -0.25) is 9.69 Å². The van der Waals surface area contributed by atoms with Crippen molar-refractivity contribution in [3.8, 4) is 0 Å². The number of nitrogens with one attached hydrogen (secondary N) is 1. The van der Waals surface area contributed by atoms with E-state index in [1.54, 1.807) is 0 Å². The van der Waals surface area contributed by atoms with Gasteiger partial charge in [-0.2, -0.15) is 0 Å². The molecule has 1 fully saturated rings. The lowest BCUT2D eigenvalue weighted by atomic mass is 9.99. The summed E-state index contributed by atoms with van der Waals surface area (Å²) in [5, 5.41) is 11.9. The number of carbonyl (C=O) groups is 2. The Hall–Kier alpha value is -2.04. The van der Waals surface area contributed by atoms with Gasteiger partial charge in [0, 0.05) is 17.8 Å². The predicted octanol–water partition coefficient (Wildman–Crippen LogP) is 2.87. The van der Waals surface area contributed by atoms with Gasteiger partial charge in [-0.25, -0.2) is 4.79 Å². The van der Waals surface area contributed by atoms with Gasteiger partial charge in [-0.15, -0.1) is 0 Å². The molecule has 2 rings (SSSR count). The van der Waals surface area contributed by atoms with E-state index in [2.05, 4.69) is 5.32 Å². The number of anilines is 1. The van der Waals surface area contributed by atoms with Gasteiger partial charge in [-0.05, 0) is 44.7 Å². The van der Waals surface area contributed by atoms with Crippen molar-refractivity contribution in [1.29, 1.82) is 0 Å². The van der Waals surface area contributed by atoms with Crippen molar-refractivity contribution in [1.82, 2.24) is 5.32 Å². The van der Waals surface area contributed by atoms with Crippen molar-refractivity contribution in [3.63, 3.8) is 0 Å². The molecule has 1 aliphatic rings. The molecular weight excluding hydrogens is 268 g/mol. The van der Waals surface area contributed by atoms with E-state index in [-0.39, 0.29) is 24.5 Å². The van der Waals surface area contributed by atoms with Gasteiger partial charge in [0.15, 0.2) is 0 Å². The first-order valence-electron chi connectivity index (χ1n) is 7.26. The van der Waals surface area contributed by atoms with Crippen LogP contribution in [0.2, 0.25) is 0 Å². The van der Waals surface area contributed by atoms with Crippen molar-refractivity contribution in [3.05, 3.63) is 30.3 Å². The lowest BCUT2D eigenvalue weighted by molar-refractivity contribution is -0.136. The highest BCUT2D eigenvalue weighted by molar-refractivity contribution is 5.93. The van der Waals surface area contributed by atoms with E-state index in [0.717, 1.165) is 12.8 Å². The Kier molecular flexibility index (Phi) is 4.50. The topological polar surface area (TPSA) is 69.6 Å². The number of carbonyl (C=O) groups excluding carboxylic acids is 1. The summed E-state index contributed by atoms with van der Waals surface area (Å²) in [6, 6.07) is 8.92. The van der Waals surface area contributed by atoms with Crippen LogP contribution in [0.25, 0.3) is 0 Å². The second-order valence-corrected chi connectivity index (χ2v) is 6.06. The Balaban J connectivity index is 2.10. The molecule has 2 amide bonds. The number of carboxylic acid groups (broad SMARTS) is 1. The van der Waals surface area contributed by atoms with Crippen LogP contribution in [0, 0.1) is 5.92 Å². The maximum atomic E-state index is 12.5. The molecule has 0 unspecified atom stereocenters. The fourth-order valence-corrected chi connectivity index (χ4v) is 2.41. The molecule has 21 heavy (non-hydrogen) atoms. The Labute approximate surface area is 125 Å². The summed E-state index contributed by atoms with van der Waals surface area (Å²) in [6.45, 7) is 4.19. The fourth-order valence-electron chi connectivity index (χ4n) is 2.41. The number of aliphatic carboxylic acids is 1. The number of nitrogens with zero attached hydrogens (tertiary/aromatic N) is 1. The van der Waals surface area contributed by atoms with Crippen LogP contribution in [-0.2, 0) is 4.79 Å². The van der Waals surface area contributed by atoms with Crippen LogP contribution in [0.5, 0.6) is 0 Å². The number of para-hydroxylation sites is 1. The van der Waals surface area contributed by atoms with Crippen molar-refractivity contribution < 1.29 is 14.7 Å². The van der Waals surface area contributed by atoms with Gasteiger partial charge in [0.05, 0.1) is 6.42 Å². The summed E-state index contributed by atoms with van der Waals surface area (Å²) < 4.78 is 0. The fraction of sp³-hybridized carbons (Fsp3) is 0.500. The molecule has 0 bridgehead atoms. The van der Waals surface area contributed by atoms with Gasteiger partial charge in [-0.1, -0.05) is 18.2 Å². The first kappa shape index (κ1) is 15.4. The minimum absolute atomic E-state index is 0.0772. The molecule has 1 aliphatic carbocycles. The van der Waals surface area contributed by atoms with Crippen molar-refractivity contribution >= 4 is 17.7 Å². The molecule has 1 aromatic carbocycles. The van der Waals surface area contributed by atoms with Gasteiger partial charge in [0.1, 0.15) is 0 Å². The van der Waals surface area contributed by atoms with Crippen LogP contribution in [0.4, 0.5) is 10.5 Å². The van der Waals surface area contributed by atoms with Gasteiger partial charge < -0.3 is 10.4 Å². The normalized spacial score (nSPS) is 14.6. The quantitative estimate of drug-likeness (QED) is 0.846. The summed E-state index contributed by atoms with van der Waals surface area (Å²) in [4.78, 5) is 24.8. The van der Waals surface area contributed by atoms with Crippen LogP contribution in [-0.4, -0.2) is 29.2 Å². The van der Waals surface area contributed by atoms with E-state index < -0.39 is 5.97 Å². The number of amides is 2. The third-order valence-corrected chi connectivity index (χ3v) is 3.89. The number of hydrogen-bond acceptors (Lipinski definition) is 2. The van der Waals surface area contributed by atoms with Crippen LogP contribution in [0.15, 0.2) is 30.3 Å². The smallest absolute Gasteiger partial charge is 0.322 e. The monoisotopic (exact) mass is 290 g/mol. The molecular formula is C16H22N2O3. The summed E-state index contributed by atoms with van der Waals surface area (Å²) in [5.74, 6) is -0.399. The van der Waals surface area contributed by atoms with Crippen LogP contribution < -0.4 is 10.2 Å². The van der Waals surface area contributed by atoms with Gasteiger partial charge >= 0.3 is 12.0 Å². The Morgan fingerprint density at radius 1 is 1.29 bits per heavy atom. The summed E-state index contributed by atoms with van der Waals surface area (Å²) in [5.41, 5.74) is 0.454. The van der Waals surface area contributed by atoms with Crippen LogP contribution >= 0.6 is 0 Å². The molecule has 0 heterocycles. The Morgan fingerprint density at radius 3 is 2.43 bits per heavy atom. The second kappa shape index (κ2) is 6.16. The first-order chi connectivity index (χ1) is 9.90. The van der Waals surface area contributed by atoms with Gasteiger partial charge in [0.2, 0.25) is 0 Å². The molecule has 5 heteroatoms. The molecule has 1 aromatic rings. The number of benzene rings is 1. The molecule has 0 atom stereocenters. The highest BCUT2D eigenvalue weighted by Crippen LogP contribution is 2.39. The minimum atomic E-state index is -0.912. The Bertz CT molecular complexity index is 510. The molecule has 5 nitrogen and oxygen atoms in total. The first-order valence-corrected chi connectivity index (χ1v) is 7.26. The van der Waals surface area contributed by atoms with E-state index in [1.165, 1.54) is 4.90 Å². The minimum Gasteiger partial charge on any atom is -0.481 e. The zero-order chi connectivity index (χ0) is 15.5. The van der Waals surface area contributed by atoms with Crippen molar-refractivity contribution in [2.75, 3.05) is 11.4 Å². The highest BCUT2D eigenvalue weighted by Gasteiger charge is 2.39. The van der Waals surface area contributed by atoms with Crippen LogP contribution in [0.1, 0.15) is 33.1 Å². The summed E-state index contributed by atoms with van der Waals surface area (Å²) in [6.07, 6.45) is 2.19. The molecule has 114 valence electrons. The number of carboxylic acids is 1. The molecule has 0 aromatic heterocycles. The lowest BCUT2D eigenvalue weighted by Gasteiger charge is -2.31. The van der Waals surface area contributed by atoms with E-state index >= 15 is 0 Å². The third kappa shape index (κ3) is 4.21. The molecule has 0 aliphatic heterocycles. The standard InChI is InChI=1S/C16H22N2O3/c1-16(2,12-8-9-12)17-15(21)18(11-10-14(19)20)13-6-4-3-5-7-13/h3-7,12H,8-11H2,1-2H3,(H,17,21)(H,19,20). The van der Waals surface area contributed by atoms with Crippen molar-refractivity contribution in [2.45, 2.75) is 38.6 Å². The lowest BCUT2D eigenvalue weighted by Crippen LogP contribution is -2.52. The largest absolute Gasteiger partial charge is 0.481 e. The second-order valence-electron chi connectivity index (χ2n) is 6.06. The number of urea groups is 1.